The van der Waals surface area contributed by atoms with Gasteiger partial charge in [-0.2, -0.15) is 0 Å². The number of pyridine rings is 1. The van der Waals surface area contributed by atoms with Gasteiger partial charge in [0.05, 0.1) is 0 Å². The molecule has 1 fully saturated rings. The Kier molecular flexibility index (Phi) is 4.93. The van der Waals surface area contributed by atoms with Gasteiger partial charge in [0, 0.05) is 66.8 Å². The van der Waals surface area contributed by atoms with Crippen LogP contribution in [0.5, 0.6) is 0 Å². The van der Waals surface area contributed by atoms with E-state index in [1.165, 1.54) is 16.9 Å². The molecule has 0 aromatic carbocycles. The summed E-state index contributed by atoms with van der Waals surface area (Å²) in [5.41, 5.74) is 5.89. The number of nitrogens with zero attached hydrogens (tertiary/aromatic N) is 5. The maximum atomic E-state index is 6.36. The fraction of sp³-hybridized carbons (Fsp3) is 0.526. The van der Waals surface area contributed by atoms with Crippen LogP contribution in [0.3, 0.4) is 0 Å². The number of fused-ring (bicyclic) bond motifs is 1. The number of aryl methyl sites for hydroxylation is 2. The molecule has 2 aliphatic rings. The Labute approximate surface area is 164 Å². The minimum absolute atomic E-state index is 0.215. The summed E-state index contributed by atoms with van der Waals surface area (Å²) in [6.45, 7) is 7.77. The standard InChI is InChI=1S/C19H23Cl2N5/c1-12-9-17(15-4-3-14(20)11-16(15)22-12)25-5-7-26(8-6-25)18-10-13(2)23-19(21)24-18/h9-10,14H,3-8,11H2,1-2H3. The quantitative estimate of drug-likeness (QED) is 0.578. The summed E-state index contributed by atoms with van der Waals surface area (Å²) in [7, 11) is 0. The summed E-state index contributed by atoms with van der Waals surface area (Å²) in [6.07, 6.45) is 2.93. The van der Waals surface area contributed by atoms with Gasteiger partial charge in [0.25, 0.3) is 0 Å². The Morgan fingerprint density at radius 1 is 0.962 bits per heavy atom. The predicted octanol–water partition coefficient (Wildman–Crippen LogP) is 3.56. The van der Waals surface area contributed by atoms with Gasteiger partial charge in [-0.3, -0.25) is 4.98 Å². The van der Waals surface area contributed by atoms with Gasteiger partial charge in [-0.05, 0) is 49.9 Å². The van der Waals surface area contributed by atoms with Gasteiger partial charge in [0.1, 0.15) is 5.82 Å². The predicted molar refractivity (Wildman–Crippen MR) is 107 cm³/mol. The maximum absolute atomic E-state index is 6.36. The molecule has 3 heterocycles. The number of rotatable bonds is 2. The number of aromatic nitrogens is 3. The van der Waals surface area contributed by atoms with Gasteiger partial charge in [-0.1, -0.05) is 0 Å². The van der Waals surface area contributed by atoms with Crippen LogP contribution in [-0.2, 0) is 12.8 Å². The number of piperazine rings is 1. The molecule has 1 unspecified atom stereocenters. The largest absolute Gasteiger partial charge is 0.368 e. The summed E-state index contributed by atoms with van der Waals surface area (Å²) >= 11 is 12.4. The Bertz CT molecular complexity index is 798. The number of hydrogen-bond acceptors (Lipinski definition) is 5. The maximum Gasteiger partial charge on any atom is 0.224 e. The van der Waals surface area contributed by atoms with Gasteiger partial charge in [0.15, 0.2) is 0 Å². The highest BCUT2D eigenvalue weighted by atomic mass is 35.5. The van der Waals surface area contributed by atoms with Crippen molar-refractivity contribution in [2.45, 2.75) is 38.5 Å². The summed E-state index contributed by atoms with van der Waals surface area (Å²) < 4.78 is 0. The molecule has 0 spiro atoms. The number of anilines is 2. The molecular formula is C19H23Cl2N5. The third-order valence-corrected chi connectivity index (χ3v) is 5.74. The first-order chi connectivity index (χ1) is 12.5. The van der Waals surface area contributed by atoms with Gasteiger partial charge >= 0.3 is 0 Å². The smallest absolute Gasteiger partial charge is 0.224 e. The zero-order valence-electron chi connectivity index (χ0n) is 15.2. The van der Waals surface area contributed by atoms with Crippen LogP contribution in [0.1, 0.15) is 29.1 Å². The third kappa shape index (κ3) is 3.60. The molecule has 5 nitrogen and oxygen atoms in total. The van der Waals surface area contributed by atoms with Crippen LogP contribution in [0, 0.1) is 13.8 Å². The summed E-state index contributed by atoms with van der Waals surface area (Å²) in [6, 6.07) is 4.23. The van der Waals surface area contributed by atoms with Crippen molar-refractivity contribution in [3.63, 3.8) is 0 Å². The molecule has 138 valence electrons. The van der Waals surface area contributed by atoms with Crippen molar-refractivity contribution in [1.82, 2.24) is 15.0 Å². The van der Waals surface area contributed by atoms with E-state index in [4.69, 9.17) is 28.2 Å². The van der Waals surface area contributed by atoms with Gasteiger partial charge in [0.2, 0.25) is 5.28 Å². The summed E-state index contributed by atoms with van der Waals surface area (Å²) in [4.78, 5) is 18.1. The van der Waals surface area contributed by atoms with E-state index in [0.717, 1.165) is 62.6 Å². The molecule has 0 saturated carbocycles. The normalized spacial score (nSPS) is 20.2. The second-order valence-electron chi connectivity index (χ2n) is 7.16. The summed E-state index contributed by atoms with van der Waals surface area (Å²) in [5.74, 6) is 0.917. The highest BCUT2D eigenvalue weighted by Crippen LogP contribution is 2.32. The lowest BCUT2D eigenvalue weighted by molar-refractivity contribution is 0.630. The average molecular weight is 392 g/mol. The highest BCUT2D eigenvalue weighted by Gasteiger charge is 2.26. The Morgan fingerprint density at radius 2 is 1.65 bits per heavy atom. The van der Waals surface area contributed by atoms with Crippen LogP contribution >= 0.6 is 23.2 Å². The molecule has 2 aromatic heterocycles. The van der Waals surface area contributed by atoms with Crippen LogP contribution in [-0.4, -0.2) is 46.5 Å². The van der Waals surface area contributed by atoms with Crippen LogP contribution in [0.15, 0.2) is 12.1 Å². The second-order valence-corrected chi connectivity index (χ2v) is 8.11. The molecule has 0 radical (unpaired) electrons. The van der Waals surface area contributed by atoms with Crippen molar-refractivity contribution < 1.29 is 0 Å². The molecule has 0 N–H and O–H groups in total. The van der Waals surface area contributed by atoms with E-state index in [2.05, 4.69) is 32.8 Å². The zero-order valence-corrected chi connectivity index (χ0v) is 16.7. The van der Waals surface area contributed by atoms with E-state index in [1.54, 1.807) is 0 Å². The zero-order chi connectivity index (χ0) is 18.3. The number of alkyl halides is 1. The lowest BCUT2D eigenvalue weighted by Gasteiger charge is -2.38. The Balaban J connectivity index is 1.53. The second kappa shape index (κ2) is 7.20. The molecule has 0 bridgehead atoms. The van der Waals surface area contributed by atoms with E-state index in [9.17, 15) is 0 Å². The molecule has 26 heavy (non-hydrogen) atoms. The van der Waals surface area contributed by atoms with Crippen molar-refractivity contribution in [3.05, 3.63) is 40.1 Å². The first kappa shape index (κ1) is 17.8. The van der Waals surface area contributed by atoms with E-state index in [-0.39, 0.29) is 5.38 Å². The molecular weight excluding hydrogens is 369 g/mol. The van der Waals surface area contributed by atoms with Gasteiger partial charge in [-0.15, -0.1) is 11.6 Å². The lowest BCUT2D eigenvalue weighted by Crippen LogP contribution is -2.47. The van der Waals surface area contributed by atoms with Crippen LogP contribution in [0.25, 0.3) is 0 Å². The Hall–Kier alpha value is -1.59. The van der Waals surface area contributed by atoms with E-state index < -0.39 is 0 Å². The molecule has 1 saturated heterocycles. The van der Waals surface area contributed by atoms with Crippen LogP contribution in [0.2, 0.25) is 5.28 Å². The van der Waals surface area contributed by atoms with Crippen molar-refractivity contribution in [2.75, 3.05) is 36.0 Å². The molecule has 4 rings (SSSR count). The van der Waals surface area contributed by atoms with Crippen molar-refractivity contribution in [2.24, 2.45) is 0 Å². The molecule has 1 aliphatic heterocycles. The van der Waals surface area contributed by atoms with Crippen LogP contribution in [0.4, 0.5) is 11.5 Å². The summed E-state index contributed by atoms with van der Waals surface area (Å²) in [5, 5.41) is 0.532. The first-order valence-corrected chi connectivity index (χ1v) is 9.95. The topological polar surface area (TPSA) is 45.2 Å². The van der Waals surface area contributed by atoms with Crippen molar-refractivity contribution in [1.29, 1.82) is 0 Å². The SMILES string of the molecule is Cc1cc(N2CCN(c3cc(C)nc4c3CCC(Cl)C4)CC2)nc(Cl)n1. The average Bonchev–Trinajstić information content (AvgIpc) is 2.60. The fourth-order valence-electron chi connectivity index (χ4n) is 3.94. The van der Waals surface area contributed by atoms with Crippen LogP contribution < -0.4 is 9.80 Å². The van der Waals surface area contributed by atoms with Crippen molar-refractivity contribution in [3.8, 4) is 0 Å². The third-order valence-electron chi connectivity index (χ3n) is 5.19. The molecule has 7 heteroatoms. The molecule has 0 amide bonds. The lowest BCUT2D eigenvalue weighted by atomic mass is 9.93. The monoisotopic (exact) mass is 391 g/mol. The van der Waals surface area contributed by atoms with Crippen molar-refractivity contribution >= 4 is 34.7 Å². The molecule has 2 aromatic rings. The van der Waals surface area contributed by atoms with Gasteiger partial charge < -0.3 is 9.80 Å². The van der Waals surface area contributed by atoms with E-state index in [1.807, 2.05) is 13.0 Å². The van der Waals surface area contributed by atoms with E-state index in [0.29, 0.717) is 5.28 Å². The molecule has 1 atom stereocenters. The number of hydrogen-bond donors (Lipinski definition) is 0. The minimum Gasteiger partial charge on any atom is -0.368 e. The van der Waals surface area contributed by atoms with Gasteiger partial charge in [-0.25, -0.2) is 9.97 Å². The molecule has 1 aliphatic carbocycles. The first-order valence-electron chi connectivity index (χ1n) is 9.14. The highest BCUT2D eigenvalue weighted by molar-refractivity contribution is 6.28. The number of halogens is 2. The fourth-order valence-corrected chi connectivity index (χ4v) is 4.41. The minimum atomic E-state index is 0.215. The van der Waals surface area contributed by atoms with E-state index >= 15 is 0 Å². The Morgan fingerprint density at radius 3 is 2.38 bits per heavy atom.